The average Bonchev–Trinajstić information content (AvgIpc) is 2.77. The van der Waals surface area contributed by atoms with Crippen molar-refractivity contribution in [3.8, 4) is 5.75 Å². The smallest absolute Gasteiger partial charge is 0.343 e. The van der Waals surface area contributed by atoms with Crippen LogP contribution in [0.5, 0.6) is 5.75 Å². The van der Waals surface area contributed by atoms with Gasteiger partial charge in [0.2, 0.25) is 0 Å². The molecule has 0 N–H and O–H groups in total. The maximum atomic E-state index is 12.4. The molecule has 156 valence electrons. The van der Waals surface area contributed by atoms with Crippen molar-refractivity contribution in [1.29, 1.82) is 0 Å². The Morgan fingerprint density at radius 2 is 1.59 bits per heavy atom. The van der Waals surface area contributed by atoms with Gasteiger partial charge < -0.3 is 14.2 Å². The van der Waals surface area contributed by atoms with E-state index in [1.165, 1.54) is 31.2 Å². The predicted molar refractivity (Wildman–Crippen MR) is 114 cm³/mol. The van der Waals surface area contributed by atoms with Gasteiger partial charge in [-0.3, -0.25) is 0 Å². The molecule has 1 aliphatic heterocycles. The van der Waals surface area contributed by atoms with Crippen LogP contribution >= 0.6 is 0 Å². The van der Waals surface area contributed by atoms with Gasteiger partial charge in [-0.15, -0.1) is 0 Å². The third kappa shape index (κ3) is 6.41. The maximum Gasteiger partial charge on any atom is 0.343 e. The molecule has 0 aliphatic carbocycles. The fourth-order valence-corrected chi connectivity index (χ4v) is 3.44. The zero-order valence-electron chi connectivity index (χ0n) is 17.6. The lowest BCUT2D eigenvalue weighted by molar-refractivity contribution is -0.206. The SMILES string of the molecule is CCCCc1ccc(OC(=O)c2ccc(C3OCC(CCCC)CO3)cc2)cc1. The van der Waals surface area contributed by atoms with Crippen molar-refractivity contribution in [2.75, 3.05) is 13.2 Å². The molecule has 1 heterocycles. The van der Waals surface area contributed by atoms with Crippen molar-refractivity contribution < 1.29 is 19.0 Å². The van der Waals surface area contributed by atoms with Gasteiger partial charge in [-0.2, -0.15) is 0 Å². The van der Waals surface area contributed by atoms with E-state index >= 15 is 0 Å². The summed E-state index contributed by atoms with van der Waals surface area (Å²) in [5.41, 5.74) is 2.71. The Labute approximate surface area is 174 Å². The van der Waals surface area contributed by atoms with Crippen LogP contribution in [0.4, 0.5) is 0 Å². The standard InChI is InChI=1S/C25H32O4/c1-3-5-7-19-9-15-23(16-10-19)29-24(26)21-11-13-22(14-12-21)25-27-17-20(18-28-25)8-6-4-2/h9-16,20,25H,3-8,17-18H2,1-2H3. The number of carbonyl (C=O) groups is 1. The van der Waals surface area contributed by atoms with Crippen LogP contribution in [0.1, 0.15) is 73.7 Å². The number of aryl methyl sites for hydroxylation is 1. The minimum absolute atomic E-state index is 0.353. The molecule has 0 radical (unpaired) electrons. The summed E-state index contributed by atoms with van der Waals surface area (Å²) in [6.07, 6.45) is 6.59. The summed E-state index contributed by atoms with van der Waals surface area (Å²) >= 11 is 0. The molecular formula is C25H32O4. The number of ether oxygens (including phenoxy) is 3. The summed E-state index contributed by atoms with van der Waals surface area (Å²) in [4.78, 5) is 12.4. The molecule has 4 heteroatoms. The first-order chi connectivity index (χ1) is 14.2. The molecule has 0 aromatic heterocycles. The Morgan fingerprint density at radius 3 is 2.21 bits per heavy atom. The van der Waals surface area contributed by atoms with Gasteiger partial charge in [0.15, 0.2) is 6.29 Å². The van der Waals surface area contributed by atoms with E-state index in [1.807, 2.05) is 36.4 Å². The van der Waals surface area contributed by atoms with Crippen LogP contribution in [0.25, 0.3) is 0 Å². The Kier molecular flexibility index (Phi) is 8.26. The number of carbonyl (C=O) groups excluding carboxylic acids is 1. The highest BCUT2D eigenvalue weighted by Crippen LogP contribution is 2.27. The predicted octanol–water partition coefficient (Wildman–Crippen LogP) is 6.10. The van der Waals surface area contributed by atoms with Gasteiger partial charge in [-0.05, 0) is 49.1 Å². The molecule has 3 rings (SSSR count). The van der Waals surface area contributed by atoms with Crippen LogP contribution in [0.3, 0.4) is 0 Å². The van der Waals surface area contributed by atoms with Crippen LogP contribution in [0.2, 0.25) is 0 Å². The Hall–Kier alpha value is -2.17. The summed E-state index contributed by atoms with van der Waals surface area (Å²) in [5.74, 6) is 0.688. The summed E-state index contributed by atoms with van der Waals surface area (Å²) in [6.45, 7) is 5.83. The number of esters is 1. The van der Waals surface area contributed by atoms with Gasteiger partial charge >= 0.3 is 5.97 Å². The van der Waals surface area contributed by atoms with Crippen LogP contribution in [0, 0.1) is 5.92 Å². The molecule has 2 aromatic rings. The normalized spacial score (nSPS) is 19.1. The van der Waals surface area contributed by atoms with Gasteiger partial charge in [-0.1, -0.05) is 57.4 Å². The summed E-state index contributed by atoms with van der Waals surface area (Å²) in [6, 6.07) is 15.0. The van der Waals surface area contributed by atoms with Gasteiger partial charge in [-0.25, -0.2) is 4.79 Å². The lowest BCUT2D eigenvalue weighted by Crippen LogP contribution is -2.27. The van der Waals surface area contributed by atoms with E-state index in [9.17, 15) is 4.79 Å². The van der Waals surface area contributed by atoms with Crippen molar-refractivity contribution >= 4 is 5.97 Å². The second-order valence-corrected chi connectivity index (χ2v) is 7.77. The first kappa shape index (κ1) is 21.5. The number of hydrogen-bond acceptors (Lipinski definition) is 4. The molecule has 1 aliphatic rings. The zero-order valence-corrected chi connectivity index (χ0v) is 17.6. The van der Waals surface area contributed by atoms with Gasteiger partial charge in [0.25, 0.3) is 0 Å². The average molecular weight is 397 g/mol. The number of hydrogen-bond donors (Lipinski definition) is 0. The summed E-state index contributed by atoms with van der Waals surface area (Å²) in [5, 5.41) is 0. The molecule has 1 fully saturated rings. The molecule has 0 spiro atoms. The van der Waals surface area contributed by atoms with E-state index in [0.29, 0.717) is 17.2 Å². The van der Waals surface area contributed by atoms with E-state index in [2.05, 4.69) is 13.8 Å². The number of unbranched alkanes of at least 4 members (excludes halogenated alkanes) is 2. The van der Waals surface area contributed by atoms with Gasteiger partial charge in [0, 0.05) is 11.5 Å². The minimum atomic E-state index is -0.358. The molecule has 0 saturated carbocycles. The minimum Gasteiger partial charge on any atom is -0.423 e. The van der Waals surface area contributed by atoms with Crippen LogP contribution in [0.15, 0.2) is 48.5 Å². The first-order valence-corrected chi connectivity index (χ1v) is 10.8. The number of benzene rings is 2. The van der Waals surface area contributed by atoms with Gasteiger partial charge in [0.05, 0.1) is 18.8 Å². The quantitative estimate of drug-likeness (QED) is 0.379. The topological polar surface area (TPSA) is 44.8 Å². The molecule has 4 nitrogen and oxygen atoms in total. The van der Waals surface area contributed by atoms with Crippen molar-refractivity contribution in [3.63, 3.8) is 0 Å². The maximum absolute atomic E-state index is 12.4. The molecule has 2 aromatic carbocycles. The molecule has 29 heavy (non-hydrogen) atoms. The van der Waals surface area contributed by atoms with Crippen LogP contribution in [-0.4, -0.2) is 19.2 Å². The van der Waals surface area contributed by atoms with E-state index in [0.717, 1.165) is 31.6 Å². The van der Waals surface area contributed by atoms with Crippen LogP contribution < -0.4 is 4.74 Å². The second kappa shape index (κ2) is 11.1. The lowest BCUT2D eigenvalue weighted by Gasteiger charge is -2.29. The summed E-state index contributed by atoms with van der Waals surface area (Å²) < 4.78 is 17.2. The monoisotopic (exact) mass is 396 g/mol. The lowest BCUT2D eigenvalue weighted by atomic mass is 10.0. The van der Waals surface area contributed by atoms with Crippen molar-refractivity contribution in [2.24, 2.45) is 5.92 Å². The third-order valence-corrected chi connectivity index (χ3v) is 5.30. The van der Waals surface area contributed by atoms with Crippen molar-refractivity contribution in [1.82, 2.24) is 0 Å². The fraction of sp³-hybridized carbons (Fsp3) is 0.480. The highest BCUT2D eigenvalue weighted by Gasteiger charge is 2.23. The van der Waals surface area contributed by atoms with Crippen molar-refractivity contribution in [2.45, 2.75) is 58.7 Å². The van der Waals surface area contributed by atoms with E-state index < -0.39 is 0 Å². The second-order valence-electron chi connectivity index (χ2n) is 7.77. The van der Waals surface area contributed by atoms with Crippen molar-refractivity contribution in [3.05, 3.63) is 65.2 Å². The Bertz CT molecular complexity index is 743. The zero-order chi connectivity index (χ0) is 20.5. The Morgan fingerprint density at radius 1 is 0.931 bits per heavy atom. The molecule has 1 saturated heterocycles. The largest absolute Gasteiger partial charge is 0.423 e. The molecule has 0 atom stereocenters. The molecular weight excluding hydrogens is 364 g/mol. The first-order valence-electron chi connectivity index (χ1n) is 10.8. The highest BCUT2D eigenvalue weighted by atomic mass is 16.7. The van der Waals surface area contributed by atoms with E-state index in [4.69, 9.17) is 14.2 Å². The molecule has 0 unspecified atom stereocenters. The van der Waals surface area contributed by atoms with E-state index in [-0.39, 0.29) is 12.3 Å². The number of rotatable bonds is 9. The molecule has 0 bridgehead atoms. The third-order valence-electron chi connectivity index (χ3n) is 5.30. The Balaban J connectivity index is 1.51. The fourth-order valence-electron chi connectivity index (χ4n) is 3.44. The summed E-state index contributed by atoms with van der Waals surface area (Å²) in [7, 11) is 0. The molecule has 0 amide bonds. The van der Waals surface area contributed by atoms with Gasteiger partial charge in [0.1, 0.15) is 5.75 Å². The van der Waals surface area contributed by atoms with E-state index in [1.54, 1.807) is 12.1 Å². The highest BCUT2D eigenvalue weighted by molar-refractivity contribution is 5.91. The van der Waals surface area contributed by atoms with Crippen LogP contribution in [-0.2, 0) is 15.9 Å².